The summed E-state index contributed by atoms with van der Waals surface area (Å²) in [5.74, 6) is 1.01. The maximum atomic E-state index is 4.44. The summed E-state index contributed by atoms with van der Waals surface area (Å²) >= 11 is 1.44. The van der Waals surface area contributed by atoms with Gasteiger partial charge in [0.15, 0.2) is 0 Å². The van der Waals surface area contributed by atoms with E-state index < -0.39 is 0 Å². The second-order valence-electron chi connectivity index (χ2n) is 4.08. The molecular formula is C12H19N5S. The number of aryl methyl sites for hydroxylation is 1. The first-order valence-corrected chi connectivity index (χ1v) is 7.07. The van der Waals surface area contributed by atoms with E-state index in [1.165, 1.54) is 11.5 Å². The van der Waals surface area contributed by atoms with Gasteiger partial charge in [0.2, 0.25) is 0 Å². The first kappa shape index (κ1) is 13.2. The van der Waals surface area contributed by atoms with Crippen LogP contribution in [0.25, 0.3) is 10.2 Å². The molecule has 0 spiro atoms. The van der Waals surface area contributed by atoms with Crippen molar-refractivity contribution in [1.29, 1.82) is 0 Å². The second kappa shape index (κ2) is 6.06. The summed E-state index contributed by atoms with van der Waals surface area (Å²) in [4.78, 5) is 12.0. The fraction of sp³-hybridized carbons (Fsp3) is 0.583. The van der Waals surface area contributed by atoms with Crippen LogP contribution in [0.2, 0.25) is 0 Å². The smallest absolute Gasteiger partial charge is 0.149 e. The van der Waals surface area contributed by atoms with Gasteiger partial charge in [-0.05, 0) is 31.9 Å². The first-order valence-electron chi connectivity index (χ1n) is 6.30. The summed E-state index contributed by atoms with van der Waals surface area (Å²) in [5, 5.41) is 4.44. The molecule has 0 aliphatic heterocycles. The van der Waals surface area contributed by atoms with Gasteiger partial charge in [-0.25, -0.2) is 9.97 Å². The lowest BCUT2D eigenvalue weighted by Gasteiger charge is -2.22. The number of fused-ring (bicyclic) bond motifs is 1. The molecular weight excluding hydrogens is 246 g/mol. The molecule has 18 heavy (non-hydrogen) atoms. The van der Waals surface area contributed by atoms with E-state index in [1.807, 2.05) is 6.92 Å². The number of aromatic nitrogens is 3. The molecule has 0 amide bonds. The molecule has 98 valence electrons. The Hall–Kier alpha value is -1.27. The number of nitrogens with one attached hydrogen (secondary N) is 1. The average molecular weight is 265 g/mol. The van der Waals surface area contributed by atoms with Gasteiger partial charge in [-0.3, -0.25) is 0 Å². The van der Waals surface area contributed by atoms with Crippen LogP contribution in [0.5, 0.6) is 0 Å². The molecule has 0 bridgehead atoms. The molecule has 0 atom stereocenters. The van der Waals surface area contributed by atoms with Crippen LogP contribution in [-0.2, 0) is 0 Å². The molecule has 5 nitrogen and oxygen atoms in total. The Balaban J connectivity index is 2.29. The van der Waals surface area contributed by atoms with Crippen molar-refractivity contribution in [2.45, 2.75) is 20.8 Å². The summed E-state index contributed by atoms with van der Waals surface area (Å²) in [6.07, 6.45) is 1.63. The van der Waals surface area contributed by atoms with E-state index in [2.05, 4.69) is 38.4 Å². The first-order chi connectivity index (χ1) is 8.77. The maximum Gasteiger partial charge on any atom is 0.149 e. The third-order valence-corrected chi connectivity index (χ3v) is 3.76. The third kappa shape index (κ3) is 2.59. The Morgan fingerprint density at radius 3 is 2.89 bits per heavy atom. The highest BCUT2D eigenvalue weighted by atomic mass is 32.1. The molecule has 0 aliphatic rings. The van der Waals surface area contributed by atoms with Gasteiger partial charge in [0.25, 0.3) is 0 Å². The fourth-order valence-corrected chi connectivity index (χ4v) is 2.69. The molecule has 2 rings (SSSR count). The van der Waals surface area contributed by atoms with Crippen LogP contribution in [0.4, 0.5) is 5.82 Å². The van der Waals surface area contributed by atoms with E-state index in [-0.39, 0.29) is 0 Å². The highest BCUT2D eigenvalue weighted by molar-refractivity contribution is 7.13. The minimum atomic E-state index is 0.937. The number of rotatable bonds is 6. The quantitative estimate of drug-likeness (QED) is 0.808. The van der Waals surface area contributed by atoms with Crippen LogP contribution in [0.3, 0.4) is 0 Å². The molecule has 2 aromatic heterocycles. The zero-order valence-electron chi connectivity index (χ0n) is 11.1. The molecule has 0 saturated carbocycles. The minimum Gasteiger partial charge on any atom is -0.355 e. The number of anilines is 1. The van der Waals surface area contributed by atoms with Crippen LogP contribution >= 0.6 is 11.5 Å². The van der Waals surface area contributed by atoms with Crippen molar-refractivity contribution in [2.24, 2.45) is 0 Å². The van der Waals surface area contributed by atoms with E-state index in [0.717, 1.165) is 47.9 Å². The highest BCUT2D eigenvalue weighted by Crippen LogP contribution is 2.28. The third-order valence-electron chi connectivity index (χ3n) is 2.91. The molecule has 0 aromatic carbocycles. The van der Waals surface area contributed by atoms with Gasteiger partial charge >= 0.3 is 0 Å². The topological polar surface area (TPSA) is 53.9 Å². The van der Waals surface area contributed by atoms with Gasteiger partial charge in [0, 0.05) is 19.6 Å². The average Bonchev–Trinajstić information content (AvgIpc) is 2.77. The van der Waals surface area contributed by atoms with E-state index in [4.69, 9.17) is 0 Å². The monoisotopic (exact) mass is 265 g/mol. The lowest BCUT2D eigenvalue weighted by atomic mass is 10.3. The summed E-state index contributed by atoms with van der Waals surface area (Å²) in [6.45, 7) is 10.1. The zero-order valence-corrected chi connectivity index (χ0v) is 11.9. The van der Waals surface area contributed by atoms with Crippen molar-refractivity contribution in [3.05, 3.63) is 12.0 Å². The van der Waals surface area contributed by atoms with E-state index >= 15 is 0 Å². The summed E-state index contributed by atoms with van der Waals surface area (Å²) < 4.78 is 4.37. The normalized spacial score (nSPS) is 11.1. The van der Waals surface area contributed by atoms with Crippen molar-refractivity contribution in [3.8, 4) is 0 Å². The molecule has 6 heteroatoms. The number of hydrogen-bond acceptors (Lipinski definition) is 6. The standard InChI is InChI=1S/C12H19N5S/c1-4-13-6-7-17(5-2)11-10-9(3)16-18-12(10)15-8-14-11/h8,13H,4-7H2,1-3H3. The predicted molar refractivity (Wildman–Crippen MR) is 76.4 cm³/mol. The van der Waals surface area contributed by atoms with Crippen molar-refractivity contribution >= 4 is 27.6 Å². The van der Waals surface area contributed by atoms with Gasteiger partial charge in [0.1, 0.15) is 17.0 Å². The van der Waals surface area contributed by atoms with Gasteiger partial charge in [-0.2, -0.15) is 4.37 Å². The van der Waals surface area contributed by atoms with Gasteiger partial charge in [-0.1, -0.05) is 6.92 Å². The molecule has 0 radical (unpaired) electrons. The van der Waals surface area contributed by atoms with Crippen molar-refractivity contribution in [3.63, 3.8) is 0 Å². The van der Waals surface area contributed by atoms with Crippen molar-refractivity contribution in [1.82, 2.24) is 19.7 Å². The highest BCUT2D eigenvalue weighted by Gasteiger charge is 2.14. The fourth-order valence-electron chi connectivity index (χ4n) is 1.95. The molecule has 0 aliphatic carbocycles. The van der Waals surface area contributed by atoms with Crippen LogP contribution in [0, 0.1) is 6.92 Å². The minimum absolute atomic E-state index is 0.937. The predicted octanol–water partition coefficient (Wildman–Crippen LogP) is 1.83. The van der Waals surface area contributed by atoms with Crippen LogP contribution in [0.15, 0.2) is 6.33 Å². The molecule has 0 fully saturated rings. The maximum absolute atomic E-state index is 4.44. The van der Waals surface area contributed by atoms with E-state index in [1.54, 1.807) is 6.33 Å². The number of likely N-dealkylation sites (N-methyl/N-ethyl adjacent to an activating group) is 2. The number of hydrogen-bond donors (Lipinski definition) is 1. The molecule has 0 saturated heterocycles. The second-order valence-corrected chi connectivity index (χ2v) is 4.83. The van der Waals surface area contributed by atoms with Gasteiger partial charge in [-0.15, -0.1) is 0 Å². The SMILES string of the molecule is CCNCCN(CC)c1ncnc2snc(C)c12. The zero-order chi connectivity index (χ0) is 13.0. The summed E-state index contributed by atoms with van der Waals surface area (Å²) in [7, 11) is 0. The lowest BCUT2D eigenvalue weighted by molar-refractivity contribution is 0.685. The van der Waals surface area contributed by atoms with Crippen LogP contribution < -0.4 is 10.2 Å². The molecule has 1 N–H and O–H groups in total. The van der Waals surface area contributed by atoms with Crippen molar-refractivity contribution < 1.29 is 0 Å². The number of nitrogens with zero attached hydrogens (tertiary/aromatic N) is 4. The van der Waals surface area contributed by atoms with E-state index in [9.17, 15) is 0 Å². The molecule has 2 aromatic rings. The Morgan fingerprint density at radius 2 is 2.17 bits per heavy atom. The lowest BCUT2D eigenvalue weighted by Crippen LogP contribution is -2.32. The Bertz CT molecular complexity index is 510. The van der Waals surface area contributed by atoms with Crippen molar-refractivity contribution in [2.75, 3.05) is 31.1 Å². The molecule has 0 unspecified atom stereocenters. The van der Waals surface area contributed by atoms with Crippen LogP contribution in [-0.4, -0.2) is 40.5 Å². The summed E-state index contributed by atoms with van der Waals surface area (Å²) in [5.41, 5.74) is 1.02. The van der Waals surface area contributed by atoms with Crippen LogP contribution in [0.1, 0.15) is 19.5 Å². The Labute approximate surface area is 111 Å². The Kier molecular flexibility index (Phi) is 4.43. The van der Waals surface area contributed by atoms with E-state index in [0.29, 0.717) is 0 Å². The Morgan fingerprint density at radius 1 is 1.33 bits per heavy atom. The summed E-state index contributed by atoms with van der Waals surface area (Å²) in [6, 6.07) is 0. The largest absolute Gasteiger partial charge is 0.355 e. The van der Waals surface area contributed by atoms with Gasteiger partial charge in [0.05, 0.1) is 11.1 Å². The van der Waals surface area contributed by atoms with Gasteiger partial charge < -0.3 is 10.2 Å². The molecule has 2 heterocycles.